The van der Waals surface area contributed by atoms with Crippen molar-refractivity contribution in [2.24, 2.45) is 0 Å². The number of benzene rings is 2. The first-order valence-corrected chi connectivity index (χ1v) is 6.66. The highest BCUT2D eigenvalue weighted by molar-refractivity contribution is 5.47. The number of hydrogen-bond donors (Lipinski definition) is 1. The zero-order chi connectivity index (χ0) is 12.2. The fourth-order valence-corrected chi connectivity index (χ4v) is 3.95. The Morgan fingerprint density at radius 1 is 0.889 bits per heavy atom. The van der Waals surface area contributed by atoms with E-state index < -0.39 is 5.60 Å². The zero-order valence-electron chi connectivity index (χ0n) is 10.2. The van der Waals surface area contributed by atoms with Crippen LogP contribution in [0.15, 0.2) is 54.6 Å². The third-order valence-corrected chi connectivity index (χ3v) is 4.74. The van der Waals surface area contributed by atoms with Gasteiger partial charge >= 0.3 is 0 Å². The summed E-state index contributed by atoms with van der Waals surface area (Å²) < 4.78 is 0. The molecule has 4 rings (SSSR count). The Morgan fingerprint density at radius 2 is 1.56 bits per heavy atom. The lowest BCUT2D eigenvalue weighted by Crippen LogP contribution is -2.31. The maximum Gasteiger partial charge on any atom is 0.0970 e. The zero-order valence-corrected chi connectivity index (χ0v) is 10.2. The summed E-state index contributed by atoms with van der Waals surface area (Å²) in [5.74, 6) is 0.817. The van der Waals surface area contributed by atoms with E-state index in [0.717, 1.165) is 18.4 Å². The molecule has 2 aromatic rings. The van der Waals surface area contributed by atoms with E-state index in [1.54, 1.807) is 0 Å². The third kappa shape index (κ3) is 1.20. The van der Waals surface area contributed by atoms with Crippen LogP contribution >= 0.6 is 0 Å². The molecule has 90 valence electrons. The van der Waals surface area contributed by atoms with Crippen LogP contribution in [0, 0.1) is 0 Å². The van der Waals surface area contributed by atoms with E-state index in [0.29, 0.717) is 5.92 Å². The molecule has 0 aromatic heterocycles. The second-order valence-corrected chi connectivity index (χ2v) is 5.61. The first-order chi connectivity index (χ1) is 8.79. The van der Waals surface area contributed by atoms with Crippen LogP contribution in [0.4, 0.5) is 0 Å². The summed E-state index contributed by atoms with van der Waals surface area (Å²) in [7, 11) is 0. The first kappa shape index (κ1) is 10.3. The molecule has 3 atom stereocenters. The summed E-state index contributed by atoms with van der Waals surface area (Å²) in [4.78, 5) is 0. The average Bonchev–Trinajstić information content (AvgIpc) is 2.96. The van der Waals surface area contributed by atoms with Crippen molar-refractivity contribution in [1.82, 2.24) is 0 Å². The average molecular weight is 236 g/mol. The van der Waals surface area contributed by atoms with E-state index in [4.69, 9.17) is 0 Å². The molecule has 2 bridgehead atoms. The van der Waals surface area contributed by atoms with E-state index in [2.05, 4.69) is 36.4 Å². The molecule has 0 saturated heterocycles. The summed E-state index contributed by atoms with van der Waals surface area (Å²) in [5.41, 5.74) is 3.25. The van der Waals surface area contributed by atoms with Gasteiger partial charge in [-0.3, -0.25) is 0 Å². The van der Waals surface area contributed by atoms with Gasteiger partial charge in [-0.15, -0.1) is 0 Å². The minimum atomic E-state index is -0.652. The standard InChI is InChI=1S/C17H16O/c18-17(13-6-2-1-3-7-13)11-12-10-16(17)15-9-5-4-8-14(12)15/h1-9,12,16,18H,10-11H2/t12-,16+,17-/m0/s1. The number of aliphatic hydroxyl groups is 1. The summed E-state index contributed by atoms with van der Waals surface area (Å²) in [6.07, 6.45) is 1.98. The highest BCUT2D eigenvalue weighted by Crippen LogP contribution is 2.61. The quantitative estimate of drug-likeness (QED) is 0.802. The molecular weight excluding hydrogens is 220 g/mol. The van der Waals surface area contributed by atoms with Gasteiger partial charge in [-0.25, -0.2) is 0 Å². The summed E-state index contributed by atoms with van der Waals surface area (Å²) in [6.45, 7) is 0. The number of hydrogen-bond acceptors (Lipinski definition) is 1. The molecular formula is C17H16O. The Labute approximate surface area is 107 Å². The highest BCUT2D eigenvalue weighted by atomic mass is 16.3. The maximum atomic E-state index is 11.1. The molecule has 2 aliphatic rings. The Kier molecular flexibility index (Phi) is 1.98. The lowest BCUT2D eigenvalue weighted by atomic mass is 9.76. The van der Waals surface area contributed by atoms with E-state index in [-0.39, 0.29) is 5.92 Å². The topological polar surface area (TPSA) is 20.2 Å². The van der Waals surface area contributed by atoms with E-state index >= 15 is 0 Å². The molecule has 1 fully saturated rings. The van der Waals surface area contributed by atoms with Crippen molar-refractivity contribution < 1.29 is 5.11 Å². The van der Waals surface area contributed by atoms with Crippen LogP contribution in [0.3, 0.4) is 0 Å². The molecule has 1 saturated carbocycles. The van der Waals surface area contributed by atoms with Crippen LogP contribution in [0.25, 0.3) is 0 Å². The monoisotopic (exact) mass is 236 g/mol. The van der Waals surface area contributed by atoms with Crippen molar-refractivity contribution >= 4 is 0 Å². The first-order valence-electron chi connectivity index (χ1n) is 6.66. The Balaban J connectivity index is 1.85. The summed E-state index contributed by atoms with van der Waals surface area (Å²) in [6, 6.07) is 18.8. The molecule has 0 unspecified atom stereocenters. The van der Waals surface area contributed by atoms with Gasteiger partial charge in [0.2, 0.25) is 0 Å². The lowest BCUT2D eigenvalue weighted by Gasteiger charge is -2.34. The minimum absolute atomic E-state index is 0.279. The van der Waals surface area contributed by atoms with Gasteiger partial charge in [-0.1, -0.05) is 54.6 Å². The van der Waals surface area contributed by atoms with Crippen molar-refractivity contribution in [3.8, 4) is 0 Å². The predicted molar refractivity (Wildman–Crippen MR) is 71.5 cm³/mol. The third-order valence-electron chi connectivity index (χ3n) is 4.74. The maximum absolute atomic E-state index is 11.1. The lowest BCUT2D eigenvalue weighted by molar-refractivity contribution is 0.0209. The van der Waals surface area contributed by atoms with Gasteiger partial charge in [0.15, 0.2) is 0 Å². The highest BCUT2D eigenvalue weighted by Gasteiger charge is 2.53. The van der Waals surface area contributed by atoms with Crippen molar-refractivity contribution in [3.05, 3.63) is 71.3 Å². The van der Waals surface area contributed by atoms with E-state index in [9.17, 15) is 5.11 Å². The molecule has 0 radical (unpaired) electrons. The molecule has 0 amide bonds. The van der Waals surface area contributed by atoms with Crippen molar-refractivity contribution in [1.29, 1.82) is 0 Å². The smallest absolute Gasteiger partial charge is 0.0970 e. The van der Waals surface area contributed by atoms with Crippen molar-refractivity contribution in [2.75, 3.05) is 0 Å². The Hall–Kier alpha value is -1.60. The number of fused-ring (bicyclic) bond motifs is 5. The van der Waals surface area contributed by atoms with Crippen LogP contribution in [0.1, 0.15) is 41.4 Å². The van der Waals surface area contributed by atoms with Crippen LogP contribution in [-0.4, -0.2) is 5.11 Å². The predicted octanol–water partition coefficient (Wildman–Crippen LogP) is 3.55. The van der Waals surface area contributed by atoms with Gasteiger partial charge in [0.05, 0.1) is 5.60 Å². The molecule has 0 heterocycles. The largest absolute Gasteiger partial charge is 0.385 e. The van der Waals surface area contributed by atoms with Crippen molar-refractivity contribution in [2.45, 2.75) is 30.3 Å². The Bertz CT molecular complexity index is 590. The van der Waals surface area contributed by atoms with Crippen LogP contribution in [-0.2, 0) is 5.60 Å². The van der Waals surface area contributed by atoms with E-state index in [1.807, 2.05) is 18.2 Å². The summed E-state index contributed by atoms with van der Waals surface area (Å²) in [5, 5.41) is 11.1. The van der Waals surface area contributed by atoms with Gasteiger partial charge in [0.1, 0.15) is 0 Å². The summed E-state index contributed by atoms with van der Waals surface area (Å²) >= 11 is 0. The van der Waals surface area contributed by atoms with Crippen LogP contribution in [0.2, 0.25) is 0 Å². The van der Waals surface area contributed by atoms with Crippen LogP contribution in [0.5, 0.6) is 0 Å². The molecule has 18 heavy (non-hydrogen) atoms. The number of rotatable bonds is 1. The molecule has 1 N–H and O–H groups in total. The minimum Gasteiger partial charge on any atom is -0.385 e. The van der Waals surface area contributed by atoms with Gasteiger partial charge in [0.25, 0.3) is 0 Å². The molecule has 0 spiro atoms. The van der Waals surface area contributed by atoms with Gasteiger partial charge in [-0.2, -0.15) is 0 Å². The SMILES string of the molecule is O[C@]1(c2ccccc2)C[C@@H]2C[C@@H]1c1ccccc12. The molecule has 1 heteroatoms. The Morgan fingerprint density at radius 3 is 2.33 bits per heavy atom. The van der Waals surface area contributed by atoms with Crippen LogP contribution < -0.4 is 0 Å². The van der Waals surface area contributed by atoms with Gasteiger partial charge in [-0.05, 0) is 35.4 Å². The van der Waals surface area contributed by atoms with E-state index in [1.165, 1.54) is 11.1 Å². The van der Waals surface area contributed by atoms with Gasteiger partial charge in [0, 0.05) is 5.92 Å². The molecule has 0 aliphatic heterocycles. The molecule has 2 aromatic carbocycles. The fraction of sp³-hybridized carbons (Fsp3) is 0.294. The molecule has 1 nitrogen and oxygen atoms in total. The van der Waals surface area contributed by atoms with Crippen molar-refractivity contribution in [3.63, 3.8) is 0 Å². The normalized spacial score (nSPS) is 32.5. The fourth-order valence-electron chi connectivity index (χ4n) is 3.95. The van der Waals surface area contributed by atoms with Gasteiger partial charge < -0.3 is 5.11 Å². The second kappa shape index (κ2) is 3.46. The second-order valence-electron chi connectivity index (χ2n) is 5.61. The molecule has 2 aliphatic carbocycles.